The number of oxazole rings is 2. The van der Waals surface area contributed by atoms with Crippen molar-refractivity contribution in [1.29, 1.82) is 0 Å². The molecule has 2 aliphatic heterocycles. The first-order valence-electron chi connectivity index (χ1n) is 12.6. The molecule has 0 aliphatic carbocycles. The van der Waals surface area contributed by atoms with Gasteiger partial charge < -0.3 is 23.5 Å². The first-order valence-corrected chi connectivity index (χ1v) is 12.6. The molecular formula is C27H30B2N2O5. The average Bonchev–Trinajstić information content (AvgIpc) is 3.62. The maximum absolute atomic E-state index is 10.0. The van der Waals surface area contributed by atoms with Gasteiger partial charge in [0.2, 0.25) is 0 Å². The minimum Gasteiger partial charge on any atom is -0.451 e. The molecular weight excluding hydrogens is 454 g/mol. The summed E-state index contributed by atoms with van der Waals surface area (Å²) < 4.78 is 15.4. The molecule has 4 aromatic rings. The fourth-order valence-corrected chi connectivity index (χ4v) is 4.87. The maximum Gasteiger partial charge on any atom is 0.491 e. The van der Waals surface area contributed by atoms with E-state index in [1.54, 1.807) is 12.5 Å². The molecule has 2 aromatic heterocycles. The fraction of sp³-hybridized carbons (Fsp3) is 0.333. The van der Waals surface area contributed by atoms with Crippen molar-refractivity contribution in [3.63, 3.8) is 0 Å². The molecule has 0 atom stereocenters. The molecule has 4 heterocycles. The molecule has 9 heteroatoms. The van der Waals surface area contributed by atoms with Crippen LogP contribution in [0.4, 0.5) is 0 Å². The van der Waals surface area contributed by atoms with Crippen LogP contribution >= 0.6 is 0 Å². The molecule has 0 bridgehead atoms. The normalized spacial score (nSPS) is 14.6. The molecule has 36 heavy (non-hydrogen) atoms. The van der Waals surface area contributed by atoms with Gasteiger partial charge in [0, 0.05) is 13.0 Å². The standard InChI is InChI=1S/C14H16BNO2.C13H14BNO3/c17-15-7-1-2-12-5-3-11(8-14(12)15)4-6-13-9-18-10-16-13;16-14-13-7-10(1-3-11(13)5-6-18-14)2-4-12-8-15-9-17-12/h3,5,8-10,17H,1-2,4,6-7H2;1,3,7-9,16H,2,4-6H2. The van der Waals surface area contributed by atoms with E-state index in [-0.39, 0.29) is 6.92 Å². The zero-order chi connectivity index (χ0) is 24.7. The van der Waals surface area contributed by atoms with Crippen LogP contribution in [0.2, 0.25) is 6.32 Å². The van der Waals surface area contributed by atoms with Crippen molar-refractivity contribution in [2.24, 2.45) is 0 Å². The Kier molecular flexibility index (Phi) is 8.01. The van der Waals surface area contributed by atoms with Gasteiger partial charge in [-0.2, -0.15) is 0 Å². The van der Waals surface area contributed by atoms with Crippen molar-refractivity contribution in [2.45, 2.75) is 51.3 Å². The minimum absolute atomic E-state index is 0.277. The fourth-order valence-electron chi connectivity index (χ4n) is 4.87. The third-order valence-corrected chi connectivity index (χ3v) is 6.91. The maximum atomic E-state index is 10.0. The van der Waals surface area contributed by atoms with Crippen LogP contribution in [0.15, 0.2) is 70.5 Å². The third-order valence-electron chi connectivity index (χ3n) is 6.91. The van der Waals surface area contributed by atoms with Crippen LogP contribution in [-0.4, -0.2) is 40.7 Å². The summed E-state index contributed by atoms with van der Waals surface area (Å²) in [6, 6.07) is 12.7. The molecule has 184 valence electrons. The zero-order valence-electron chi connectivity index (χ0n) is 20.3. The first kappa shape index (κ1) is 24.6. The Hall–Kier alpha value is -3.13. The summed E-state index contributed by atoms with van der Waals surface area (Å²) in [5.41, 5.74) is 7.92. The Labute approximate surface area is 211 Å². The van der Waals surface area contributed by atoms with Crippen LogP contribution in [0, 0.1) is 0 Å². The van der Waals surface area contributed by atoms with Crippen LogP contribution in [0.5, 0.6) is 0 Å². The van der Waals surface area contributed by atoms with Gasteiger partial charge in [0.25, 0.3) is 0 Å². The van der Waals surface area contributed by atoms with E-state index in [2.05, 4.69) is 40.3 Å². The van der Waals surface area contributed by atoms with Crippen LogP contribution < -0.4 is 10.9 Å². The second-order valence-corrected chi connectivity index (χ2v) is 9.40. The highest BCUT2D eigenvalue weighted by atomic mass is 16.5. The van der Waals surface area contributed by atoms with Crippen molar-refractivity contribution < 1.29 is 23.5 Å². The lowest BCUT2D eigenvalue weighted by Gasteiger charge is -2.19. The van der Waals surface area contributed by atoms with Crippen LogP contribution in [0.1, 0.15) is 40.1 Å². The minimum atomic E-state index is -0.779. The van der Waals surface area contributed by atoms with Crippen molar-refractivity contribution >= 4 is 25.0 Å². The quantitative estimate of drug-likeness (QED) is 0.405. The summed E-state index contributed by atoms with van der Waals surface area (Å²) in [5, 5.41) is 19.8. The van der Waals surface area contributed by atoms with Gasteiger partial charge in [0.1, 0.15) is 12.0 Å². The smallest absolute Gasteiger partial charge is 0.451 e. The van der Waals surface area contributed by atoms with Crippen LogP contribution in [-0.2, 0) is 43.2 Å². The summed E-state index contributed by atoms with van der Waals surface area (Å²) in [7, 11) is -0.779. The lowest BCUT2D eigenvalue weighted by molar-refractivity contribution is 0.266. The predicted molar refractivity (Wildman–Crippen MR) is 139 cm³/mol. The number of hydrogen-bond acceptors (Lipinski definition) is 7. The summed E-state index contributed by atoms with van der Waals surface area (Å²) in [6.45, 7) is 0.312. The van der Waals surface area contributed by atoms with E-state index in [1.165, 1.54) is 35.0 Å². The van der Waals surface area contributed by atoms with Crippen molar-refractivity contribution in [3.8, 4) is 0 Å². The van der Waals surface area contributed by atoms with Gasteiger partial charge in [-0.25, -0.2) is 9.97 Å². The van der Waals surface area contributed by atoms with Gasteiger partial charge in [-0.3, -0.25) is 0 Å². The Bertz CT molecular complexity index is 1150. The van der Waals surface area contributed by atoms with Gasteiger partial charge in [0.05, 0.1) is 11.9 Å². The molecule has 0 spiro atoms. The molecule has 0 radical (unpaired) electrons. The lowest BCUT2D eigenvalue weighted by Crippen LogP contribution is -2.41. The SMILES string of the molecule is OB1CCCc2ccc(CCc3cocn3)cc21.OB1OCCc2ccc(CCc3cnco3)cc21. The number of rotatable bonds is 6. The lowest BCUT2D eigenvalue weighted by atomic mass is 9.53. The third kappa shape index (κ3) is 6.16. The zero-order valence-corrected chi connectivity index (χ0v) is 20.3. The van der Waals surface area contributed by atoms with Gasteiger partial charge in [-0.1, -0.05) is 48.4 Å². The van der Waals surface area contributed by atoms with E-state index in [1.807, 2.05) is 6.07 Å². The number of nitrogens with zero attached hydrogens (tertiary/aromatic N) is 2. The molecule has 6 rings (SSSR count). The summed E-state index contributed by atoms with van der Waals surface area (Å²) >= 11 is 0. The van der Waals surface area contributed by atoms with Gasteiger partial charge >= 0.3 is 14.0 Å². The Morgan fingerprint density at radius 1 is 0.861 bits per heavy atom. The highest BCUT2D eigenvalue weighted by Crippen LogP contribution is 2.16. The summed E-state index contributed by atoms with van der Waals surface area (Å²) in [6.07, 6.45) is 13.8. The highest BCUT2D eigenvalue weighted by Gasteiger charge is 2.25. The van der Waals surface area contributed by atoms with E-state index in [0.29, 0.717) is 6.61 Å². The molecule has 2 aliphatic rings. The molecule has 7 nitrogen and oxygen atoms in total. The van der Waals surface area contributed by atoms with Gasteiger partial charge in [-0.15, -0.1) is 0 Å². The predicted octanol–water partition coefficient (Wildman–Crippen LogP) is 2.32. The number of aryl methyl sites for hydroxylation is 5. The molecule has 0 unspecified atom stereocenters. The van der Waals surface area contributed by atoms with E-state index in [9.17, 15) is 10.0 Å². The number of benzene rings is 2. The van der Waals surface area contributed by atoms with Crippen LogP contribution in [0.3, 0.4) is 0 Å². The number of fused-ring (bicyclic) bond motifs is 2. The molecule has 2 N–H and O–H groups in total. The monoisotopic (exact) mass is 484 g/mol. The Morgan fingerprint density at radius 3 is 2.39 bits per heavy atom. The van der Waals surface area contributed by atoms with Crippen molar-refractivity contribution in [2.75, 3.05) is 6.61 Å². The van der Waals surface area contributed by atoms with Crippen molar-refractivity contribution in [3.05, 3.63) is 95.4 Å². The van der Waals surface area contributed by atoms with E-state index in [4.69, 9.17) is 13.5 Å². The first-order chi connectivity index (χ1) is 17.7. The van der Waals surface area contributed by atoms with E-state index < -0.39 is 7.12 Å². The summed E-state index contributed by atoms with van der Waals surface area (Å²) in [5.74, 6) is 0.879. The average molecular weight is 484 g/mol. The van der Waals surface area contributed by atoms with Gasteiger partial charge in [-0.05, 0) is 66.0 Å². The van der Waals surface area contributed by atoms with E-state index >= 15 is 0 Å². The Balaban J connectivity index is 0.000000148. The number of hydrogen-bond donors (Lipinski definition) is 2. The number of aromatic nitrogens is 2. The van der Waals surface area contributed by atoms with E-state index in [0.717, 1.165) is 73.6 Å². The summed E-state index contributed by atoms with van der Waals surface area (Å²) in [4.78, 5) is 8.01. The second kappa shape index (κ2) is 11.7. The highest BCUT2D eigenvalue weighted by molar-refractivity contribution is 6.67. The Morgan fingerprint density at radius 2 is 1.64 bits per heavy atom. The molecule has 0 fully saturated rings. The molecule has 0 saturated heterocycles. The largest absolute Gasteiger partial charge is 0.491 e. The van der Waals surface area contributed by atoms with Gasteiger partial charge in [0.15, 0.2) is 12.8 Å². The van der Waals surface area contributed by atoms with Crippen molar-refractivity contribution in [1.82, 2.24) is 9.97 Å². The van der Waals surface area contributed by atoms with Crippen LogP contribution in [0.25, 0.3) is 0 Å². The molecule has 2 aromatic carbocycles. The molecule has 0 amide bonds. The molecule has 0 saturated carbocycles. The topological polar surface area (TPSA) is 102 Å². The second-order valence-electron chi connectivity index (χ2n) is 9.40.